The van der Waals surface area contributed by atoms with E-state index >= 15 is 0 Å². The van der Waals surface area contributed by atoms with Gasteiger partial charge in [0.1, 0.15) is 73.1 Å². The summed E-state index contributed by atoms with van der Waals surface area (Å²) in [5.41, 5.74) is 0. The van der Waals surface area contributed by atoms with E-state index in [9.17, 15) is 114 Å². The summed E-state index contributed by atoms with van der Waals surface area (Å²) in [6.07, 6.45) is -43.2. The molecule has 1 unspecified atom stereocenters. The first-order valence-corrected chi connectivity index (χ1v) is 26.2. The first kappa shape index (κ1) is 59.8. The van der Waals surface area contributed by atoms with Gasteiger partial charge in [-0.2, -0.15) is 60.0 Å². The Hall–Kier alpha value is -2.74. The standard InChI is InChI=1S/C24H38N2O38S6/c27-4-1-5(20(34)64-70(51,52)53)57-23(10(4)28)59-15-7(3-55-68(45,46)47)58-22(9(12(15)30)26-66(39,40)41)61-16-13(31)17(63-69(48,49)50)24(62-18(16)19(32)33)60-14-6(2-54-67(42,43)44)56-21(35)8(11(14)29)25-65(36,37)38/h1,4,6-18,21-31,35H,2-3H2,(H,32,33)(H,36,37,38)(H,39,40,41)(H,42,43,44)(H,45,46,47)(H,48,49,50)(H,51,52,53)/t4-,6+,7+,8+,9+,10+,11+,12+,13-,14+,15+,16-,17+,18+,21?,22+,23-,24+/m0/s1. The Balaban J connectivity index is 1.77. The molecule has 0 aliphatic carbocycles. The third-order valence-electron chi connectivity index (χ3n) is 9.14. The predicted molar refractivity (Wildman–Crippen MR) is 199 cm³/mol. The van der Waals surface area contributed by atoms with Crippen molar-refractivity contribution in [3.05, 3.63) is 11.8 Å². The minimum absolute atomic E-state index is 0.270. The number of aliphatic hydroxyl groups excluding tert-OH is 6. The minimum atomic E-state index is -6.00. The van der Waals surface area contributed by atoms with Crippen molar-refractivity contribution in [3.8, 4) is 0 Å². The van der Waals surface area contributed by atoms with E-state index in [1.54, 1.807) is 0 Å². The zero-order valence-electron chi connectivity index (χ0n) is 33.4. The van der Waals surface area contributed by atoms with Gasteiger partial charge in [-0.25, -0.2) is 22.1 Å². The molecule has 40 nitrogen and oxygen atoms in total. The van der Waals surface area contributed by atoms with Gasteiger partial charge in [0.15, 0.2) is 31.1 Å². The summed E-state index contributed by atoms with van der Waals surface area (Å²) in [4.78, 5) is 24.9. The van der Waals surface area contributed by atoms with Gasteiger partial charge in [-0.3, -0.25) is 27.3 Å². The Labute approximate surface area is 391 Å². The number of aliphatic hydroxyl groups is 6. The van der Waals surface area contributed by atoms with Gasteiger partial charge in [0, 0.05) is 0 Å². The van der Waals surface area contributed by atoms with Crippen LogP contribution in [-0.2, 0) is 122 Å². The minimum Gasteiger partial charge on any atom is -0.479 e. The van der Waals surface area contributed by atoms with Crippen LogP contribution in [0.3, 0.4) is 0 Å². The highest BCUT2D eigenvalue weighted by Gasteiger charge is 2.58. The smallest absolute Gasteiger partial charge is 0.449 e. The van der Waals surface area contributed by atoms with Gasteiger partial charge < -0.3 is 73.1 Å². The van der Waals surface area contributed by atoms with Crippen LogP contribution in [0.4, 0.5) is 0 Å². The van der Waals surface area contributed by atoms with Crippen LogP contribution in [-0.4, -0.2) is 249 Å². The Morgan fingerprint density at radius 3 is 1.49 bits per heavy atom. The first-order valence-electron chi connectivity index (χ1n) is 17.9. The van der Waals surface area contributed by atoms with E-state index in [0.29, 0.717) is 0 Å². The number of carbonyl (C=O) groups is 2. The molecule has 0 aromatic heterocycles. The molecule has 0 bridgehead atoms. The van der Waals surface area contributed by atoms with E-state index in [4.69, 9.17) is 42.3 Å². The quantitative estimate of drug-likeness (QED) is 0.0475. The first-order chi connectivity index (χ1) is 31.6. The largest absolute Gasteiger partial charge is 0.479 e. The number of carboxylic acids is 1. The number of hydrogen-bond donors (Lipinski definition) is 15. The van der Waals surface area contributed by atoms with Crippen LogP contribution >= 0.6 is 0 Å². The number of hydrogen-bond acceptors (Lipinski definition) is 31. The van der Waals surface area contributed by atoms with Crippen molar-refractivity contribution < 1.29 is 173 Å². The highest BCUT2D eigenvalue weighted by Crippen LogP contribution is 2.36. The summed E-state index contributed by atoms with van der Waals surface area (Å²) in [7, 11) is -33.9. The molecule has 4 heterocycles. The van der Waals surface area contributed by atoms with E-state index in [1.807, 2.05) is 0 Å². The summed E-state index contributed by atoms with van der Waals surface area (Å²) >= 11 is 0. The molecule has 3 fully saturated rings. The number of carbonyl (C=O) groups excluding carboxylic acids is 1. The lowest BCUT2D eigenvalue weighted by molar-refractivity contribution is -0.362. The lowest BCUT2D eigenvalue weighted by Crippen LogP contribution is -2.70. The van der Waals surface area contributed by atoms with Gasteiger partial charge >= 0.3 is 74.1 Å². The van der Waals surface area contributed by atoms with Gasteiger partial charge in [-0.05, 0) is 6.08 Å². The molecule has 15 N–H and O–H groups in total. The highest BCUT2D eigenvalue weighted by molar-refractivity contribution is 7.84. The number of aliphatic carboxylic acids is 1. The van der Waals surface area contributed by atoms with Crippen molar-refractivity contribution in [2.45, 2.75) is 110 Å². The second-order valence-electron chi connectivity index (χ2n) is 14.1. The van der Waals surface area contributed by atoms with Gasteiger partial charge in [-0.1, -0.05) is 0 Å². The summed E-state index contributed by atoms with van der Waals surface area (Å²) in [6, 6.07) is -5.26. The maximum absolute atomic E-state index is 12.7. The second-order valence-corrected chi connectivity index (χ2v) is 20.7. The molecule has 4 aliphatic heterocycles. The average molecular weight is 1150 g/mol. The van der Waals surface area contributed by atoms with Crippen molar-refractivity contribution in [2.75, 3.05) is 13.2 Å². The topological polar surface area (TPSA) is 628 Å². The van der Waals surface area contributed by atoms with Crippen molar-refractivity contribution in [2.24, 2.45) is 0 Å². The molecule has 4 aliphatic rings. The second kappa shape index (κ2) is 22.4. The molecule has 0 spiro atoms. The van der Waals surface area contributed by atoms with Gasteiger partial charge in [-0.15, -0.1) is 0 Å². The van der Waals surface area contributed by atoms with Crippen molar-refractivity contribution in [3.63, 3.8) is 0 Å². The Kier molecular flexibility index (Phi) is 19.1. The lowest BCUT2D eigenvalue weighted by Gasteiger charge is -2.49. The maximum Gasteiger partial charge on any atom is 0.449 e. The molecule has 0 aromatic carbocycles. The van der Waals surface area contributed by atoms with Crippen LogP contribution in [0.15, 0.2) is 11.8 Å². The van der Waals surface area contributed by atoms with E-state index in [2.05, 4.69) is 16.7 Å². The Morgan fingerprint density at radius 2 is 1.01 bits per heavy atom. The van der Waals surface area contributed by atoms with Crippen molar-refractivity contribution in [1.82, 2.24) is 9.44 Å². The maximum atomic E-state index is 12.7. The molecule has 0 saturated carbocycles. The predicted octanol–water partition coefficient (Wildman–Crippen LogP) is -10.9. The van der Waals surface area contributed by atoms with Crippen LogP contribution in [0.1, 0.15) is 0 Å². The van der Waals surface area contributed by atoms with E-state index in [-0.39, 0.29) is 6.08 Å². The van der Waals surface area contributed by atoms with Crippen molar-refractivity contribution >= 4 is 74.1 Å². The molecular formula is C24H38N2O38S6. The number of ether oxygens (including phenoxy) is 7. The molecule has 70 heavy (non-hydrogen) atoms. The van der Waals surface area contributed by atoms with E-state index < -0.39 is 204 Å². The Bertz CT molecular complexity index is 2610. The third kappa shape index (κ3) is 17.2. The fourth-order valence-electron chi connectivity index (χ4n) is 6.48. The number of carboxylic acid groups (broad SMARTS) is 1. The summed E-state index contributed by atoms with van der Waals surface area (Å²) in [5.74, 6) is -5.87. The van der Waals surface area contributed by atoms with Crippen LogP contribution in [0, 0.1) is 0 Å². The van der Waals surface area contributed by atoms with E-state index in [1.165, 1.54) is 9.44 Å². The Morgan fingerprint density at radius 1 is 0.543 bits per heavy atom. The van der Waals surface area contributed by atoms with Crippen molar-refractivity contribution in [1.29, 1.82) is 0 Å². The molecule has 18 atom stereocenters. The zero-order valence-corrected chi connectivity index (χ0v) is 38.3. The monoisotopic (exact) mass is 1150 g/mol. The number of nitrogens with one attached hydrogen (secondary N) is 2. The van der Waals surface area contributed by atoms with Gasteiger partial charge in [0.2, 0.25) is 12.0 Å². The fourth-order valence-corrected chi connectivity index (χ4v) is 9.05. The summed E-state index contributed by atoms with van der Waals surface area (Å²) in [5, 5.41) is 75.2. The molecule has 0 amide bonds. The number of rotatable bonds is 21. The SMILES string of the molecule is O=C(OS(=O)(=O)O)C1=C[C@H](O)[C@@H](O)[C@H](O[C@H]2[C@H](O)[C@@H](NS(=O)(=O)O)[C@@H](O[C@H]3[C@H](O)[C@@H](OS(=O)(=O)O)[C@H](O[C@H]4[C@H](O)[C@@H](NS(=O)(=O)O)C(O)O[C@@H]4COS(=O)(=O)O)O[C@H]3C(=O)O)O[C@@H]2COS(=O)(=O)O)O1. The molecular weight excluding hydrogens is 1120 g/mol. The third-order valence-corrected chi connectivity index (χ3v) is 12.0. The normalized spacial score (nSPS) is 37.2. The average Bonchev–Trinajstić information content (AvgIpc) is 3.16. The lowest BCUT2D eigenvalue weighted by atomic mass is 9.95. The van der Waals surface area contributed by atoms with Gasteiger partial charge in [0.05, 0.1) is 13.2 Å². The van der Waals surface area contributed by atoms with Crippen LogP contribution < -0.4 is 9.44 Å². The van der Waals surface area contributed by atoms with Gasteiger partial charge in [0.25, 0.3) is 0 Å². The fraction of sp³-hybridized carbons (Fsp3) is 0.833. The zero-order chi connectivity index (χ0) is 53.4. The summed E-state index contributed by atoms with van der Waals surface area (Å²) in [6.45, 7) is -3.23. The molecule has 4 rings (SSSR count). The molecule has 46 heteroatoms. The van der Waals surface area contributed by atoms with Crippen LogP contribution in [0.5, 0.6) is 0 Å². The molecule has 0 radical (unpaired) electrons. The molecule has 0 aromatic rings. The summed E-state index contributed by atoms with van der Waals surface area (Å²) < 4.78 is 250. The molecule has 408 valence electrons. The highest BCUT2D eigenvalue weighted by atomic mass is 32.3. The van der Waals surface area contributed by atoms with Crippen LogP contribution in [0.2, 0.25) is 0 Å². The van der Waals surface area contributed by atoms with E-state index in [0.717, 1.165) is 0 Å². The van der Waals surface area contributed by atoms with Crippen LogP contribution in [0.25, 0.3) is 0 Å². The molecule has 3 saturated heterocycles.